The van der Waals surface area contributed by atoms with Gasteiger partial charge in [-0.05, 0) is 18.1 Å². The van der Waals surface area contributed by atoms with Crippen LogP contribution in [-0.4, -0.2) is 45.5 Å². The van der Waals surface area contributed by atoms with E-state index in [-0.39, 0.29) is 30.5 Å². The van der Waals surface area contributed by atoms with Gasteiger partial charge in [0.15, 0.2) is 0 Å². The fourth-order valence-electron chi connectivity index (χ4n) is 2.91. The molecule has 1 aliphatic rings. The minimum atomic E-state index is -0.440. The Morgan fingerprint density at radius 1 is 1.50 bits per heavy atom. The number of nitrogens with one attached hydrogen (secondary N) is 1. The number of aliphatic hydroxyl groups excluding tert-OH is 1. The van der Waals surface area contributed by atoms with E-state index in [9.17, 15) is 14.9 Å². The number of aromatic nitrogens is 1. The molecule has 0 aliphatic carbocycles. The van der Waals surface area contributed by atoms with Gasteiger partial charge < -0.3 is 15.0 Å². The van der Waals surface area contributed by atoms with Gasteiger partial charge >= 0.3 is 0 Å². The molecule has 1 saturated heterocycles. The number of non-ortho nitro benzene ring substituents is 1. The maximum Gasteiger partial charge on any atom is 0.270 e. The number of rotatable bonds is 4. The molecule has 1 amide bonds. The highest BCUT2D eigenvalue weighted by Gasteiger charge is 2.26. The lowest BCUT2D eigenvalue weighted by Gasteiger charge is -2.15. The van der Waals surface area contributed by atoms with E-state index in [0.717, 1.165) is 17.5 Å². The number of carbonyl (C=O) groups is 1. The van der Waals surface area contributed by atoms with Crippen molar-refractivity contribution in [3.8, 4) is 0 Å². The molecule has 7 nitrogen and oxygen atoms in total. The highest BCUT2D eigenvalue weighted by atomic mass is 16.6. The minimum absolute atomic E-state index is 0.0108. The van der Waals surface area contributed by atoms with Crippen molar-refractivity contribution < 1.29 is 14.8 Å². The first-order valence-corrected chi connectivity index (χ1v) is 7.21. The molecule has 0 spiro atoms. The van der Waals surface area contributed by atoms with Gasteiger partial charge in [-0.25, -0.2) is 0 Å². The van der Waals surface area contributed by atoms with E-state index in [1.54, 1.807) is 17.2 Å². The lowest BCUT2D eigenvalue weighted by atomic mass is 10.1. The molecule has 0 saturated carbocycles. The van der Waals surface area contributed by atoms with Crippen LogP contribution in [0.3, 0.4) is 0 Å². The number of amides is 1. The van der Waals surface area contributed by atoms with E-state index >= 15 is 0 Å². The monoisotopic (exact) mass is 303 g/mol. The van der Waals surface area contributed by atoms with Crippen LogP contribution < -0.4 is 0 Å². The number of nitrogens with zero attached hydrogens (tertiary/aromatic N) is 2. The summed E-state index contributed by atoms with van der Waals surface area (Å²) in [4.78, 5) is 27.6. The quantitative estimate of drug-likeness (QED) is 0.659. The number of H-pyrrole nitrogens is 1. The van der Waals surface area contributed by atoms with E-state index in [4.69, 9.17) is 5.11 Å². The summed E-state index contributed by atoms with van der Waals surface area (Å²) in [6.07, 6.45) is 2.76. The maximum absolute atomic E-state index is 12.3. The second-order valence-electron chi connectivity index (χ2n) is 5.65. The lowest BCUT2D eigenvalue weighted by Crippen LogP contribution is -2.30. The summed E-state index contributed by atoms with van der Waals surface area (Å²) in [7, 11) is 0. The standard InChI is InChI=1S/C15H17N3O4/c19-9-10-3-4-17(8-10)15(20)5-11-7-16-14-2-1-12(18(21)22)6-13(11)14/h1-2,6-7,10,16,19H,3-5,8-9H2. The number of nitro benzene ring substituents is 1. The highest BCUT2D eigenvalue weighted by Crippen LogP contribution is 2.25. The van der Waals surface area contributed by atoms with Crippen LogP contribution in [-0.2, 0) is 11.2 Å². The number of benzene rings is 1. The molecule has 1 atom stereocenters. The summed E-state index contributed by atoms with van der Waals surface area (Å²) >= 11 is 0. The fraction of sp³-hybridized carbons (Fsp3) is 0.400. The molecular formula is C15H17N3O4. The Morgan fingerprint density at radius 2 is 2.32 bits per heavy atom. The number of fused-ring (bicyclic) bond motifs is 1. The largest absolute Gasteiger partial charge is 0.396 e. The van der Waals surface area contributed by atoms with Crippen LogP contribution in [0, 0.1) is 16.0 Å². The first kappa shape index (κ1) is 14.5. The molecule has 0 bridgehead atoms. The second kappa shape index (κ2) is 5.76. The highest BCUT2D eigenvalue weighted by molar-refractivity contribution is 5.90. The van der Waals surface area contributed by atoms with Gasteiger partial charge in [-0.1, -0.05) is 0 Å². The van der Waals surface area contributed by atoms with Crippen molar-refractivity contribution in [1.82, 2.24) is 9.88 Å². The first-order valence-electron chi connectivity index (χ1n) is 7.21. The van der Waals surface area contributed by atoms with Crippen LogP contribution >= 0.6 is 0 Å². The van der Waals surface area contributed by atoms with Crippen molar-refractivity contribution in [2.24, 2.45) is 5.92 Å². The summed E-state index contributed by atoms with van der Waals surface area (Å²) in [5, 5.41) is 20.7. The topological polar surface area (TPSA) is 99.5 Å². The van der Waals surface area contributed by atoms with Gasteiger partial charge in [-0.15, -0.1) is 0 Å². The van der Waals surface area contributed by atoms with Gasteiger partial charge in [0.05, 0.1) is 11.3 Å². The van der Waals surface area contributed by atoms with Crippen LogP contribution in [0.15, 0.2) is 24.4 Å². The Morgan fingerprint density at radius 3 is 3.00 bits per heavy atom. The smallest absolute Gasteiger partial charge is 0.270 e. The van der Waals surface area contributed by atoms with Crippen molar-refractivity contribution >= 4 is 22.5 Å². The molecular weight excluding hydrogens is 286 g/mol. The van der Waals surface area contributed by atoms with E-state index in [1.165, 1.54) is 12.1 Å². The molecule has 116 valence electrons. The molecule has 1 unspecified atom stereocenters. The third-order valence-electron chi connectivity index (χ3n) is 4.20. The third kappa shape index (κ3) is 2.67. The second-order valence-corrected chi connectivity index (χ2v) is 5.65. The van der Waals surface area contributed by atoms with Crippen LogP contribution in [0.5, 0.6) is 0 Å². The van der Waals surface area contributed by atoms with Crippen LogP contribution in [0.1, 0.15) is 12.0 Å². The first-order chi connectivity index (χ1) is 10.6. The third-order valence-corrected chi connectivity index (χ3v) is 4.20. The average Bonchev–Trinajstić information content (AvgIpc) is 3.13. The molecule has 3 rings (SSSR count). The zero-order chi connectivity index (χ0) is 15.7. The summed E-state index contributed by atoms with van der Waals surface area (Å²) in [5.41, 5.74) is 1.56. The number of aliphatic hydroxyl groups is 1. The number of hydrogen-bond acceptors (Lipinski definition) is 4. The summed E-state index contributed by atoms with van der Waals surface area (Å²) in [5.74, 6) is 0.149. The number of aromatic amines is 1. The minimum Gasteiger partial charge on any atom is -0.396 e. The maximum atomic E-state index is 12.3. The van der Waals surface area contributed by atoms with E-state index in [2.05, 4.69) is 4.98 Å². The summed E-state index contributed by atoms with van der Waals surface area (Å²) < 4.78 is 0. The molecule has 1 aliphatic heterocycles. The Balaban J connectivity index is 1.80. The van der Waals surface area contributed by atoms with Gasteiger partial charge in [-0.3, -0.25) is 14.9 Å². The molecule has 2 aromatic rings. The molecule has 1 fully saturated rings. The van der Waals surface area contributed by atoms with Crippen molar-refractivity contribution in [3.05, 3.63) is 40.1 Å². The predicted octanol–water partition coefficient (Wildman–Crippen LogP) is 1.46. The van der Waals surface area contributed by atoms with Gasteiger partial charge in [0.2, 0.25) is 5.91 Å². The zero-order valence-electron chi connectivity index (χ0n) is 12.0. The molecule has 1 aromatic carbocycles. The van der Waals surface area contributed by atoms with Gasteiger partial charge in [-0.2, -0.15) is 0 Å². The number of hydrogen-bond donors (Lipinski definition) is 2. The molecule has 2 N–H and O–H groups in total. The molecule has 2 heterocycles. The number of carbonyl (C=O) groups excluding carboxylic acids is 1. The zero-order valence-corrected chi connectivity index (χ0v) is 12.0. The predicted molar refractivity (Wildman–Crippen MR) is 80.4 cm³/mol. The van der Waals surface area contributed by atoms with E-state index in [1.807, 2.05) is 0 Å². The van der Waals surface area contributed by atoms with Crippen molar-refractivity contribution in [2.75, 3.05) is 19.7 Å². The van der Waals surface area contributed by atoms with Gasteiger partial charge in [0.25, 0.3) is 5.69 Å². The Bertz CT molecular complexity index is 725. The lowest BCUT2D eigenvalue weighted by molar-refractivity contribution is -0.384. The van der Waals surface area contributed by atoms with Crippen molar-refractivity contribution in [1.29, 1.82) is 0 Å². The molecule has 7 heteroatoms. The summed E-state index contributed by atoms with van der Waals surface area (Å²) in [6.45, 7) is 1.34. The molecule has 22 heavy (non-hydrogen) atoms. The number of likely N-dealkylation sites (tertiary alicyclic amines) is 1. The molecule has 1 aromatic heterocycles. The Hall–Kier alpha value is -2.41. The SMILES string of the molecule is O=C(Cc1c[nH]c2ccc([N+](=O)[O-])cc12)N1CCC(CO)C1. The van der Waals surface area contributed by atoms with Gasteiger partial charge in [0.1, 0.15) is 0 Å². The Labute approximate surface area is 126 Å². The Kier molecular flexibility index (Phi) is 3.81. The van der Waals surface area contributed by atoms with Crippen molar-refractivity contribution in [3.63, 3.8) is 0 Å². The van der Waals surface area contributed by atoms with E-state index < -0.39 is 4.92 Å². The van der Waals surface area contributed by atoms with Crippen LogP contribution in [0.2, 0.25) is 0 Å². The van der Waals surface area contributed by atoms with Crippen molar-refractivity contribution in [2.45, 2.75) is 12.8 Å². The fourth-order valence-corrected chi connectivity index (χ4v) is 2.91. The molecule has 0 radical (unpaired) electrons. The normalized spacial score (nSPS) is 18.0. The van der Waals surface area contributed by atoms with Crippen LogP contribution in [0.4, 0.5) is 5.69 Å². The number of nitro groups is 1. The van der Waals surface area contributed by atoms with Gasteiger partial charge in [0, 0.05) is 54.8 Å². The average molecular weight is 303 g/mol. The van der Waals surface area contributed by atoms with Crippen LogP contribution in [0.25, 0.3) is 10.9 Å². The van der Waals surface area contributed by atoms with E-state index in [0.29, 0.717) is 18.5 Å². The summed E-state index contributed by atoms with van der Waals surface area (Å²) in [6, 6.07) is 4.59.